The number of nitroso groups, excluding NO2 is 1. The van der Waals surface area contributed by atoms with Crippen LogP contribution >= 0.6 is 0 Å². The molecule has 4 nitrogen and oxygen atoms in total. The Balaban J connectivity index is 1.87. The fourth-order valence-electron chi connectivity index (χ4n) is 2.10. The summed E-state index contributed by atoms with van der Waals surface area (Å²) in [6.45, 7) is 0.176. The molecule has 0 radical (unpaired) electrons. The molecule has 1 heterocycles. The first kappa shape index (κ1) is 14.4. The second-order valence-corrected chi connectivity index (χ2v) is 5.28. The van der Waals surface area contributed by atoms with E-state index in [1.807, 2.05) is 0 Å². The minimum Gasteiger partial charge on any atom is -0.335 e. The van der Waals surface area contributed by atoms with E-state index in [1.165, 1.54) is 6.33 Å². The number of hydrogen-bond acceptors (Lipinski definition) is 3. The van der Waals surface area contributed by atoms with Crippen LogP contribution in [-0.4, -0.2) is 9.55 Å². The van der Waals surface area contributed by atoms with E-state index in [0.29, 0.717) is 0 Å². The van der Waals surface area contributed by atoms with Gasteiger partial charge in [0.25, 0.3) is 0 Å². The zero-order valence-electron chi connectivity index (χ0n) is 11.7. The average molecular weight is 301 g/mol. The summed E-state index contributed by atoms with van der Waals surface area (Å²) in [4.78, 5) is 14.9. The SMILES string of the molecule is O=NC(Cn1ccnc1)c1cc(F)c(C#CC2CC2)c(F)c1. The van der Waals surface area contributed by atoms with Crippen LogP contribution < -0.4 is 0 Å². The van der Waals surface area contributed by atoms with Crippen LogP contribution in [0.4, 0.5) is 8.78 Å². The lowest BCUT2D eigenvalue weighted by Crippen LogP contribution is -2.07. The number of halogens is 2. The molecule has 0 N–H and O–H groups in total. The van der Waals surface area contributed by atoms with Crippen LogP contribution in [0.1, 0.15) is 30.0 Å². The molecular formula is C16H13F2N3O. The van der Waals surface area contributed by atoms with E-state index < -0.39 is 17.7 Å². The fraction of sp³-hybridized carbons (Fsp3) is 0.312. The molecule has 0 saturated heterocycles. The van der Waals surface area contributed by atoms with Gasteiger partial charge in [0, 0.05) is 18.3 Å². The van der Waals surface area contributed by atoms with Crippen molar-refractivity contribution in [2.75, 3.05) is 0 Å². The molecule has 3 rings (SSSR count). The Morgan fingerprint density at radius 3 is 2.64 bits per heavy atom. The summed E-state index contributed by atoms with van der Waals surface area (Å²) >= 11 is 0. The highest BCUT2D eigenvalue weighted by Gasteiger charge is 2.20. The second-order valence-electron chi connectivity index (χ2n) is 5.28. The smallest absolute Gasteiger partial charge is 0.142 e. The van der Waals surface area contributed by atoms with Crippen molar-refractivity contribution in [1.82, 2.24) is 9.55 Å². The molecule has 0 spiro atoms. The molecule has 1 unspecified atom stereocenters. The third-order valence-electron chi connectivity index (χ3n) is 3.50. The Morgan fingerprint density at radius 1 is 1.36 bits per heavy atom. The summed E-state index contributed by atoms with van der Waals surface area (Å²) in [6.07, 6.45) is 6.69. The quantitative estimate of drug-likeness (QED) is 0.641. The Hall–Kier alpha value is -2.55. The van der Waals surface area contributed by atoms with Crippen molar-refractivity contribution < 1.29 is 8.78 Å². The van der Waals surface area contributed by atoms with Crippen molar-refractivity contribution in [3.8, 4) is 11.8 Å². The van der Waals surface area contributed by atoms with Crippen LogP contribution in [0.15, 0.2) is 36.0 Å². The molecule has 1 aromatic carbocycles. The van der Waals surface area contributed by atoms with Gasteiger partial charge in [-0.05, 0) is 30.5 Å². The molecule has 0 amide bonds. The first-order chi connectivity index (χ1) is 10.7. The monoisotopic (exact) mass is 301 g/mol. The lowest BCUT2D eigenvalue weighted by Gasteiger charge is -2.11. The maximum absolute atomic E-state index is 14.1. The minimum atomic E-state index is -0.886. The molecule has 1 aliphatic carbocycles. The zero-order chi connectivity index (χ0) is 15.5. The van der Waals surface area contributed by atoms with E-state index in [9.17, 15) is 13.7 Å². The molecule has 2 aromatic rings. The molecule has 1 aliphatic rings. The van der Waals surface area contributed by atoms with Gasteiger partial charge in [-0.2, -0.15) is 4.91 Å². The molecule has 6 heteroatoms. The van der Waals surface area contributed by atoms with E-state index in [4.69, 9.17) is 0 Å². The first-order valence-corrected chi connectivity index (χ1v) is 6.96. The van der Waals surface area contributed by atoms with Crippen molar-refractivity contribution in [3.63, 3.8) is 0 Å². The van der Waals surface area contributed by atoms with E-state index >= 15 is 0 Å². The molecule has 22 heavy (non-hydrogen) atoms. The van der Waals surface area contributed by atoms with Crippen LogP contribution in [0.5, 0.6) is 0 Å². The van der Waals surface area contributed by atoms with E-state index in [0.717, 1.165) is 25.0 Å². The fourth-order valence-corrected chi connectivity index (χ4v) is 2.10. The van der Waals surface area contributed by atoms with Crippen LogP contribution in [0.3, 0.4) is 0 Å². The molecule has 112 valence electrons. The Bertz CT molecular complexity index is 719. The van der Waals surface area contributed by atoms with Gasteiger partial charge in [0.2, 0.25) is 0 Å². The van der Waals surface area contributed by atoms with Gasteiger partial charge >= 0.3 is 0 Å². The lowest BCUT2D eigenvalue weighted by molar-refractivity contribution is 0.544. The highest BCUT2D eigenvalue weighted by Crippen LogP contribution is 2.28. The summed E-state index contributed by atoms with van der Waals surface area (Å²) in [6, 6.07) is 1.37. The summed E-state index contributed by atoms with van der Waals surface area (Å²) < 4.78 is 29.7. The van der Waals surface area contributed by atoms with Crippen molar-refractivity contribution >= 4 is 0 Å². The van der Waals surface area contributed by atoms with Crippen molar-refractivity contribution in [3.05, 3.63) is 58.5 Å². The number of benzene rings is 1. The minimum absolute atomic E-state index is 0.176. The van der Waals surface area contributed by atoms with Crippen LogP contribution in [-0.2, 0) is 6.54 Å². The zero-order valence-corrected chi connectivity index (χ0v) is 11.7. The standard InChI is InChI=1S/C16H13F2N3O/c17-14-7-12(16(20-22)9-21-6-5-19-10-21)8-15(18)13(14)4-3-11-1-2-11/h5-8,10-11,16H,1-2,9H2. The van der Waals surface area contributed by atoms with E-state index in [1.54, 1.807) is 17.0 Å². The topological polar surface area (TPSA) is 47.2 Å². The van der Waals surface area contributed by atoms with Crippen molar-refractivity contribution in [2.24, 2.45) is 11.1 Å². The molecule has 1 aromatic heterocycles. The predicted molar refractivity (Wildman–Crippen MR) is 76.7 cm³/mol. The Labute approximate surface area is 126 Å². The van der Waals surface area contributed by atoms with Crippen LogP contribution in [0.25, 0.3) is 0 Å². The summed E-state index contributed by atoms with van der Waals surface area (Å²) in [5, 5.41) is 2.96. The molecule has 1 atom stereocenters. The number of imidazole rings is 1. The molecule has 0 aliphatic heterocycles. The van der Waals surface area contributed by atoms with Crippen molar-refractivity contribution in [2.45, 2.75) is 25.4 Å². The van der Waals surface area contributed by atoms with Gasteiger partial charge in [-0.1, -0.05) is 17.0 Å². The van der Waals surface area contributed by atoms with E-state index in [-0.39, 0.29) is 23.6 Å². The lowest BCUT2D eigenvalue weighted by atomic mass is 10.0. The summed E-state index contributed by atoms with van der Waals surface area (Å²) in [5.74, 6) is 4.11. The van der Waals surface area contributed by atoms with Gasteiger partial charge in [0.15, 0.2) is 0 Å². The van der Waals surface area contributed by atoms with Gasteiger partial charge in [0.1, 0.15) is 17.7 Å². The van der Waals surface area contributed by atoms with Crippen molar-refractivity contribution in [1.29, 1.82) is 0 Å². The van der Waals surface area contributed by atoms with Crippen LogP contribution in [0.2, 0.25) is 0 Å². The molecule has 1 fully saturated rings. The maximum Gasteiger partial charge on any atom is 0.142 e. The van der Waals surface area contributed by atoms with Crippen LogP contribution in [0, 0.1) is 34.3 Å². The number of nitrogens with zero attached hydrogens (tertiary/aromatic N) is 3. The van der Waals surface area contributed by atoms with E-state index in [2.05, 4.69) is 22.0 Å². The largest absolute Gasteiger partial charge is 0.335 e. The third kappa shape index (κ3) is 3.19. The molecule has 1 saturated carbocycles. The predicted octanol–water partition coefficient (Wildman–Crippen LogP) is 3.43. The highest BCUT2D eigenvalue weighted by molar-refractivity contribution is 5.40. The second kappa shape index (κ2) is 6.06. The summed E-state index contributed by atoms with van der Waals surface area (Å²) in [7, 11) is 0. The number of rotatable bonds is 4. The molecular weight excluding hydrogens is 288 g/mol. The number of hydrogen-bond donors (Lipinski definition) is 0. The van der Waals surface area contributed by atoms with Gasteiger partial charge in [0.05, 0.1) is 18.4 Å². The average Bonchev–Trinajstić information content (AvgIpc) is 3.18. The first-order valence-electron chi connectivity index (χ1n) is 6.96. The Kier molecular flexibility index (Phi) is 3.96. The molecule has 0 bridgehead atoms. The third-order valence-corrected chi connectivity index (χ3v) is 3.50. The Morgan fingerprint density at radius 2 is 2.09 bits per heavy atom. The maximum atomic E-state index is 14.1. The summed E-state index contributed by atoms with van der Waals surface area (Å²) in [5.41, 5.74) is -0.0569. The van der Waals surface area contributed by atoms with Gasteiger partial charge in [-0.3, -0.25) is 0 Å². The van der Waals surface area contributed by atoms with Gasteiger partial charge in [-0.25, -0.2) is 13.8 Å². The van der Waals surface area contributed by atoms with Gasteiger partial charge in [-0.15, -0.1) is 0 Å². The normalized spacial score (nSPS) is 15.0. The van der Waals surface area contributed by atoms with Gasteiger partial charge < -0.3 is 4.57 Å². The highest BCUT2D eigenvalue weighted by atomic mass is 19.1. The number of aromatic nitrogens is 2.